The number of hydrogen-bond donors (Lipinski definition) is 0. The van der Waals surface area contributed by atoms with Gasteiger partial charge >= 0.3 is 0 Å². The normalized spacial score (nSPS) is 20.0. The van der Waals surface area contributed by atoms with Crippen LogP contribution in [0.2, 0.25) is 5.02 Å². The van der Waals surface area contributed by atoms with Gasteiger partial charge in [-0.25, -0.2) is 8.78 Å². The summed E-state index contributed by atoms with van der Waals surface area (Å²) in [6.45, 7) is 10.2. The molecule has 3 aromatic carbocycles. The molecule has 3 heteroatoms. The van der Waals surface area contributed by atoms with E-state index in [1.54, 1.807) is 12.1 Å². The highest BCUT2D eigenvalue weighted by atomic mass is 35.5. The maximum absolute atomic E-state index is 15.8. The maximum Gasteiger partial charge on any atom is 0.142 e. The number of halogens is 3. The fourth-order valence-electron chi connectivity index (χ4n) is 5.14. The number of hydrogen-bond acceptors (Lipinski definition) is 0. The third-order valence-electron chi connectivity index (χ3n) is 6.97. The zero-order valence-electron chi connectivity index (χ0n) is 18.2. The third kappa shape index (κ3) is 3.42. The molecule has 0 spiro atoms. The molecule has 0 nitrogen and oxygen atoms in total. The lowest BCUT2D eigenvalue weighted by molar-refractivity contribution is 0.430. The van der Waals surface area contributed by atoms with Crippen LogP contribution in [-0.2, 0) is 18.3 Å². The number of benzene rings is 3. The van der Waals surface area contributed by atoms with Gasteiger partial charge in [-0.1, -0.05) is 93.9 Å². The molecule has 0 bridgehead atoms. The summed E-state index contributed by atoms with van der Waals surface area (Å²) < 4.78 is 30.8. The van der Waals surface area contributed by atoms with E-state index in [4.69, 9.17) is 11.6 Å². The summed E-state index contributed by atoms with van der Waals surface area (Å²) in [5.41, 5.74) is 4.88. The molecule has 0 aliphatic heterocycles. The minimum atomic E-state index is -0.504. The van der Waals surface area contributed by atoms with Crippen molar-refractivity contribution in [3.63, 3.8) is 0 Å². The summed E-state index contributed by atoms with van der Waals surface area (Å²) in [6, 6.07) is 15.4. The van der Waals surface area contributed by atoms with Gasteiger partial charge in [0.15, 0.2) is 0 Å². The molecule has 0 aromatic heterocycles. The first-order chi connectivity index (χ1) is 14.8. The summed E-state index contributed by atoms with van der Waals surface area (Å²) in [7, 11) is 0. The van der Waals surface area contributed by atoms with Gasteiger partial charge in [-0.2, -0.15) is 0 Å². The lowest BCUT2D eigenvalue weighted by Crippen LogP contribution is -2.25. The van der Waals surface area contributed by atoms with Crippen LogP contribution in [0.25, 0.3) is 17.2 Å². The lowest BCUT2D eigenvalue weighted by Gasteiger charge is -2.31. The van der Waals surface area contributed by atoms with E-state index in [9.17, 15) is 0 Å². The molecule has 3 aromatic rings. The Balaban J connectivity index is 2.01. The molecule has 0 fully saturated rings. The van der Waals surface area contributed by atoms with Crippen LogP contribution in [-0.4, -0.2) is 0 Å². The highest BCUT2D eigenvalue weighted by molar-refractivity contribution is 6.34. The standard InChI is InChI=1S/C28H27ClF2/c1-5-10-19-14-13-18(6-2)24(27(19)31)25-23-17(3)28(4,21-11-8-7-9-12-21)16-20(23)15-22(30)26(25)29/h6-9,11-15,17H,2,5,10,16H2,1,3-4H3. The Morgan fingerprint density at radius 2 is 1.84 bits per heavy atom. The largest absolute Gasteiger partial charge is 0.206 e. The highest BCUT2D eigenvalue weighted by Gasteiger charge is 2.44. The predicted molar refractivity (Wildman–Crippen MR) is 127 cm³/mol. The van der Waals surface area contributed by atoms with Gasteiger partial charge < -0.3 is 0 Å². The molecule has 2 atom stereocenters. The summed E-state index contributed by atoms with van der Waals surface area (Å²) in [5, 5.41) is -0.0152. The second-order valence-electron chi connectivity index (χ2n) is 8.76. The van der Waals surface area contributed by atoms with E-state index in [1.807, 2.05) is 31.2 Å². The van der Waals surface area contributed by atoms with Crippen LogP contribution in [0.15, 0.2) is 55.1 Å². The Kier molecular flexibility index (Phi) is 5.79. The van der Waals surface area contributed by atoms with Gasteiger partial charge in [-0.3, -0.25) is 0 Å². The van der Waals surface area contributed by atoms with Crippen molar-refractivity contribution in [3.05, 3.63) is 99.6 Å². The quantitative estimate of drug-likeness (QED) is 0.376. The Morgan fingerprint density at radius 3 is 2.48 bits per heavy atom. The van der Waals surface area contributed by atoms with Crippen molar-refractivity contribution in [3.8, 4) is 11.1 Å². The molecular weight excluding hydrogens is 410 g/mol. The van der Waals surface area contributed by atoms with Crippen LogP contribution < -0.4 is 0 Å². The monoisotopic (exact) mass is 436 g/mol. The Labute approximate surface area is 188 Å². The van der Waals surface area contributed by atoms with Gasteiger partial charge in [0.05, 0.1) is 5.02 Å². The summed E-state index contributed by atoms with van der Waals surface area (Å²) in [6.07, 6.45) is 3.73. The molecular formula is C28H27ClF2. The number of aryl methyl sites for hydroxylation is 1. The van der Waals surface area contributed by atoms with E-state index < -0.39 is 5.82 Å². The summed E-state index contributed by atoms with van der Waals surface area (Å²) in [5.74, 6) is -0.797. The first kappa shape index (κ1) is 21.8. The second kappa shape index (κ2) is 8.24. The molecule has 160 valence electrons. The molecule has 0 amide bonds. The van der Waals surface area contributed by atoms with Gasteiger partial charge in [-0.05, 0) is 52.6 Å². The smallest absolute Gasteiger partial charge is 0.142 e. The van der Waals surface area contributed by atoms with Crippen LogP contribution in [0.4, 0.5) is 8.78 Å². The molecule has 0 saturated heterocycles. The van der Waals surface area contributed by atoms with E-state index >= 15 is 8.78 Å². The van der Waals surface area contributed by atoms with E-state index in [1.165, 1.54) is 11.6 Å². The van der Waals surface area contributed by atoms with Crippen molar-refractivity contribution in [2.24, 2.45) is 0 Å². The summed E-state index contributed by atoms with van der Waals surface area (Å²) in [4.78, 5) is 0. The maximum atomic E-state index is 15.8. The van der Waals surface area contributed by atoms with Crippen molar-refractivity contribution in [1.82, 2.24) is 0 Å². The molecule has 2 unspecified atom stereocenters. The van der Waals surface area contributed by atoms with Gasteiger partial charge in [0.25, 0.3) is 0 Å². The minimum Gasteiger partial charge on any atom is -0.206 e. The van der Waals surface area contributed by atoms with Crippen molar-refractivity contribution >= 4 is 17.7 Å². The fourth-order valence-corrected chi connectivity index (χ4v) is 5.39. The Morgan fingerprint density at radius 1 is 1.13 bits per heavy atom. The first-order valence-corrected chi connectivity index (χ1v) is 11.2. The number of fused-ring (bicyclic) bond motifs is 1. The average molecular weight is 437 g/mol. The molecule has 31 heavy (non-hydrogen) atoms. The van der Waals surface area contributed by atoms with Crippen molar-refractivity contribution < 1.29 is 8.78 Å². The van der Waals surface area contributed by atoms with E-state index in [0.717, 1.165) is 17.5 Å². The van der Waals surface area contributed by atoms with Crippen LogP contribution in [0.1, 0.15) is 60.9 Å². The van der Waals surface area contributed by atoms with E-state index in [2.05, 4.69) is 32.6 Å². The molecule has 1 aliphatic carbocycles. The topological polar surface area (TPSA) is 0 Å². The summed E-state index contributed by atoms with van der Waals surface area (Å²) >= 11 is 6.57. The van der Waals surface area contributed by atoms with Gasteiger partial charge in [0.1, 0.15) is 11.6 Å². The van der Waals surface area contributed by atoms with Crippen molar-refractivity contribution in [1.29, 1.82) is 0 Å². The zero-order valence-corrected chi connectivity index (χ0v) is 19.0. The Bertz CT molecular complexity index is 1150. The molecule has 0 radical (unpaired) electrons. The van der Waals surface area contributed by atoms with Gasteiger partial charge in [-0.15, -0.1) is 0 Å². The van der Waals surface area contributed by atoms with Crippen LogP contribution in [0, 0.1) is 11.6 Å². The molecule has 0 N–H and O–H groups in total. The van der Waals surface area contributed by atoms with Gasteiger partial charge in [0.2, 0.25) is 0 Å². The SMILES string of the molecule is C=Cc1ccc(CCC)c(F)c1-c1c(Cl)c(F)cc2c1C(C)C(C)(c1ccccc1)C2. The predicted octanol–water partition coefficient (Wildman–Crippen LogP) is 8.50. The Hall–Kier alpha value is -2.45. The molecule has 4 rings (SSSR count). The van der Waals surface area contributed by atoms with Crippen molar-refractivity contribution in [2.45, 2.75) is 51.4 Å². The average Bonchev–Trinajstić information content (AvgIpc) is 3.02. The molecule has 0 heterocycles. The van der Waals surface area contributed by atoms with Crippen LogP contribution in [0.3, 0.4) is 0 Å². The zero-order chi connectivity index (χ0) is 22.3. The second-order valence-corrected chi connectivity index (χ2v) is 9.14. The highest BCUT2D eigenvalue weighted by Crippen LogP contribution is 2.54. The first-order valence-electron chi connectivity index (χ1n) is 10.8. The van der Waals surface area contributed by atoms with Crippen LogP contribution >= 0.6 is 11.6 Å². The molecule has 1 aliphatic rings. The third-order valence-corrected chi connectivity index (χ3v) is 7.34. The van der Waals surface area contributed by atoms with E-state index in [0.29, 0.717) is 35.1 Å². The number of rotatable bonds is 5. The minimum absolute atomic E-state index is 0.0152. The molecule has 0 saturated carbocycles. The van der Waals surface area contributed by atoms with E-state index in [-0.39, 0.29) is 22.2 Å². The lowest BCUT2D eigenvalue weighted by atomic mass is 9.72. The fraction of sp³-hybridized carbons (Fsp3) is 0.286. The van der Waals surface area contributed by atoms with Crippen LogP contribution in [0.5, 0.6) is 0 Å². The van der Waals surface area contributed by atoms with Gasteiger partial charge in [0, 0.05) is 16.5 Å². The van der Waals surface area contributed by atoms with Crippen molar-refractivity contribution in [2.75, 3.05) is 0 Å².